The number of hydrazine groups is 1. The molecule has 5 aliphatic heterocycles. The van der Waals surface area contributed by atoms with Crippen molar-refractivity contribution in [1.29, 1.82) is 0 Å². The first-order valence-electron chi connectivity index (χ1n) is 26.4. The van der Waals surface area contributed by atoms with Crippen molar-refractivity contribution in [2.75, 3.05) is 13.7 Å². The first-order chi connectivity index (χ1) is 40.5. The third-order valence-electron chi connectivity index (χ3n) is 14.7. The average molecular weight is 1240 g/mol. The van der Waals surface area contributed by atoms with Gasteiger partial charge in [-0.2, -0.15) is 13.2 Å². The number of primary amides is 1. The number of likely N-dealkylation sites (N-methyl/N-ethyl adjacent to an activating group) is 1. The second-order valence-electron chi connectivity index (χ2n) is 21.1. The molecule has 24 nitrogen and oxygen atoms in total. The van der Waals surface area contributed by atoms with Gasteiger partial charge in [0.05, 0.1) is 40.6 Å². The molecule has 29 heteroatoms. The normalized spacial score (nSPS) is 22.7. The maximum absolute atomic E-state index is 15.4. The molecule has 6 amide bonds. The van der Waals surface area contributed by atoms with E-state index in [1.54, 1.807) is 0 Å². The molecule has 10 rings (SSSR count). The number of hydrogen-bond donors (Lipinski definition) is 14. The monoisotopic (exact) mass is 1240 g/mol. The van der Waals surface area contributed by atoms with Crippen LogP contribution in [0, 0.1) is 11.8 Å². The van der Waals surface area contributed by atoms with Crippen molar-refractivity contribution in [3.05, 3.63) is 117 Å². The van der Waals surface area contributed by atoms with E-state index in [2.05, 4.69) is 26.6 Å². The summed E-state index contributed by atoms with van der Waals surface area (Å²) in [5.74, 6) is -13.0. The molecule has 0 saturated carbocycles. The van der Waals surface area contributed by atoms with Gasteiger partial charge in [0, 0.05) is 36.5 Å². The number of aromatic hydroxyl groups is 4. The Labute approximate surface area is 496 Å². The zero-order valence-corrected chi connectivity index (χ0v) is 47.1. The van der Waals surface area contributed by atoms with Crippen molar-refractivity contribution in [3.8, 4) is 57.1 Å². The number of nitrogens with zero attached hydrogens (tertiary/aromatic N) is 1. The Balaban J connectivity index is 1.46. The number of aliphatic hydroxyl groups is 3. The number of hydrogen-bond acceptors (Lipinski definition) is 18. The van der Waals surface area contributed by atoms with Gasteiger partial charge >= 0.3 is 12.1 Å². The van der Waals surface area contributed by atoms with E-state index < -0.39 is 178 Å². The van der Waals surface area contributed by atoms with E-state index in [0.29, 0.717) is 0 Å². The summed E-state index contributed by atoms with van der Waals surface area (Å²) in [4.78, 5) is 101. The molecule has 86 heavy (non-hydrogen) atoms. The molecule has 0 saturated heterocycles. The average Bonchev–Trinajstić information content (AvgIpc) is 0.854. The highest BCUT2D eigenvalue weighted by molar-refractivity contribution is 6.32. The van der Waals surface area contributed by atoms with Gasteiger partial charge in [-0.05, 0) is 106 Å². The number of phenolic OH excluding ortho intramolecular Hbond substituents is 4. The minimum Gasteiger partial charge on any atom is -0.508 e. The smallest absolute Gasteiger partial charge is 0.508 e. The number of ether oxygens (including phenoxy) is 2. The zero-order valence-electron chi connectivity index (χ0n) is 45.6. The predicted molar refractivity (Wildman–Crippen MR) is 298 cm³/mol. The number of nitrogens with two attached hydrogens (primary N) is 2. The van der Waals surface area contributed by atoms with Gasteiger partial charge in [0.2, 0.25) is 41.0 Å². The molecule has 0 aliphatic carbocycles. The summed E-state index contributed by atoms with van der Waals surface area (Å²) in [5, 5.41) is 92.5. The van der Waals surface area contributed by atoms with Gasteiger partial charge in [-0.15, -0.1) is 0 Å². The number of amides is 6. The van der Waals surface area contributed by atoms with Crippen LogP contribution in [0.4, 0.5) is 13.2 Å². The van der Waals surface area contributed by atoms with Gasteiger partial charge in [-0.3, -0.25) is 28.8 Å². The van der Waals surface area contributed by atoms with Gasteiger partial charge in [-0.25, -0.2) is 10.6 Å². The number of fused-ring (bicyclic) bond motifs is 15. The Kier molecular flexibility index (Phi) is 18.7. The topological polar surface area (TPSA) is 395 Å². The third-order valence-corrected chi connectivity index (χ3v) is 15.3. The molecule has 0 aromatic heterocycles. The lowest BCUT2D eigenvalue weighted by Crippen LogP contribution is -2.53. The van der Waals surface area contributed by atoms with E-state index in [0.717, 1.165) is 60.7 Å². The van der Waals surface area contributed by atoms with Crippen LogP contribution in [0.2, 0.25) is 10.0 Å². The van der Waals surface area contributed by atoms with Crippen LogP contribution in [0.5, 0.6) is 46.0 Å². The third kappa shape index (κ3) is 13.4. The molecule has 0 fully saturated rings. The summed E-state index contributed by atoms with van der Waals surface area (Å²) in [6.45, 7) is 2.63. The minimum absolute atomic E-state index is 0.0821. The van der Waals surface area contributed by atoms with Crippen LogP contribution in [0.15, 0.2) is 78.9 Å². The molecule has 456 valence electrons. The largest absolute Gasteiger partial charge is 0.524 e. The molecule has 5 aliphatic rings. The van der Waals surface area contributed by atoms with E-state index in [4.69, 9.17) is 44.3 Å². The van der Waals surface area contributed by atoms with Crippen LogP contribution in [0.25, 0.3) is 11.1 Å². The molecule has 5 aromatic rings. The molecule has 0 unspecified atom stereocenters. The summed E-state index contributed by atoms with van der Waals surface area (Å²) in [5.41, 5.74) is 2.33. The van der Waals surface area contributed by atoms with E-state index in [1.165, 1.54) is 25.2 Å². The Morgan fingerprint density at radius 1 is 0.756 bits per heavy atom. The molecule has 5 heterocycles. The van der Waals surface area contributed by atoms with E-state index in [9.17, 15) is 59.7 Å². The van der Waals surface area contributed by atoms with Crippen molar-refractivity contribution >= 4 is 70.1 Å². The summed E-state index contributed by atoms with van der Waals surface area (Å²) in [6.07, 6.45) is -13.2. The molecular weight excluding hydrogens is 1180 g/mol. The quantitative estimate of drug-likeness (QED) is 0.0449. The molecule has 9 atom stereocenters. The Hall–Kier alpha value is -8.73. The van der Waals surface area contributed by atoms with Crippen molar-refractivity contribution in [2.24, 2.45) is 23.4 Å². The van der Waals surface area contributed by atoms with Crippen LogP contribution < -0.4 is 47.6 Å². The summed E-state index contributed by atoms with van der Waals surface area (Å²) < 4.78 is 56.9. The fourth-order valence-corrected chi connectivity index (χ4v) is 10.9. The molecule has 11 bridgehead atoms. The number of halogens is 5. The fourth-order valence-electron chi connectivity index (χ4n) is 10.4. The minimum atomic E-state index is -5.88. The second-order valence-corrected chi connectivity index (χ2v) is 21.9. The number of rotatable bonds is 8. The van der Waals surface area contributed by atoms with Crippen molar-refractivity contribution in [3.63, 3.8) is 0 Å². The second kappa shape index (κ2) is 25.5. The number of hydrazone groups is 1. The Bertz CT molecular complexity index is 3610. The van der Waals surface area contributed by atoms with Gasteiger partial charge in [0.1, 0.15) is 59.1 Å². The number of phenols is 4. The van der Waals surface area contributed by atoms with E-state index >= 15 is 22.8 Å². The molecular formula is C57H58Cl2F3N8O16+. The number of nitrogens with one attached hydrogen (secondary N) is 5. The maximum Gasteiger partial charge on any atom is 0.524 e. The predicted octanol–water partition coefficient (Wildman–Crippen LogP) is 4.13. The van der Waals surface area contributed by atoms with Crippen LogP contribution in [0.3, 0.4) is 0 Å². The summed E-state index contributed by atoms with van der Waals surface area (Å²) >= 11 is 13.6. The van der Waals surface area contributed by atoms with Crippen LogP contribution in [-0.4, -0.2) is 125 Å². The fraction of sp³-hybridized carbons (Fsp3) is 0.333. The summed E-state index contributed by atoms with van der Waals surface area (Å²) in [7, 11) is 1.47. The maximum atomic E-state index is 15.4. The number of ketones is 1. The molecule has 5 aromatic carbocycles. The summed E-state index contributed by atoms with van der Waals surface area (Å²) in [6, 6.07) is 4.56. The SMILES string of the molecule is CN[C@H](CC(C)C)C(=O)N[C@H]1C(=O)C[C@@H](CC(N)=O)C(=O)N[C@H]2/C(=[N+](/N)C(=O)C(F)(F)F)C[C@@H]3C(=O)N[C@H](C(=O)N[C@H](CO)c4cc(O)cc(O)c4-c4cc3ccc4O)[C@H](O)c3ccc(c(Cl)c3)Oc3cc2cc(c3O)Oc2ccc(cc2Cl)[C@H]1O. The first kappa shape index (κ1) is 63.3. The van der Waals surface area contributed by atoms with Gasteiger partial charge in [-0.1, -0.05) is 55.2 Å². The van der Waals surface area contributed by atoms with Crippen LogP contribution in [-0.2, 0) is 33.6 Å². The van der Waals surface area contributed by atoms with Gasteiger partial charge in [0.15, 0.2) is 17.3 Å². The lowest BCUT2D eigenvalue weighted by molar-refractivity contribution is -0.481. The molecule has 0 radical (unpaired) electrons. The number of alkyl halides is 3. The lowest BCUT2D eigenvalue weighted by atomic mass is 9.84. The first-order valence-corrected chi connectivity index (χ1v) is 27.1. The van der Waals surface area contributed by atoms with Crippen molar-refractivity contribution in [2.45, 2.75) is 94.0 Å². The molecule has 0 spiro atoms. The van der Waals surface area contributed by atoms with Crippen LogP contribution >= 0.6 is 23.2 Å². The lowest BCUT2D eigenvalue weighted by Gasteiger charge is -2.31. The van der Waals surface area contributed by atoms with E-state index in [-0.39, 0.29) is 67.3 Å². The van der Waals surface area contributed by atoms with Crippen molar-refractivity contribution in [1.82, 2.24) is 26.6 Å². The molecule has 16 N–H and O–H groups in total. The number of carbonyl (C=O) groups excluding carboxylic acids is 7. The Morgan fingerprint density at radius 3 is 1.92 bits per heavy atom. The number of aliphatic hydroxyl groups excluding tert-OH is 3. The highest BCUT2D eigenvalue weighted by Gasteiger charge is 2.52. The highest BCUT2D eigenvalue weighted by atomic mass is 35.5. The number of benzene rings is 5. The number of carbonyl (C=O) groups is 7. The van der Waals surface area contributed by atoms with Gasteiger partial charge in [0.25, 0.3) is 0 Å². The van der Waals surface area contributed by atoms with E-state index in [1.807, 2.05) is 13.8 Å². The number of Topliss-reactive ketones (excluding diaryl/α,β-unsaturated/α-hetero) is 1. The highest BCUT2D eigenvalue weighted by Crippen LogP contribution is 2.48. The standard InChI is InChI=1S/C57H57Cl2F3N8O16/c1-22(2)10-34(65-3)54(82)68-47-39(75)14-27(17-44(63)76)52(80)67-46-26-15-42(85-40-8-5-24(49(47)77)12-32(40)58)51(79)43(16-26)86-41-9-6-25(13-33(41)59)50(78)48-55(83)66-35(21-71)30-18-28(72)19-38(74)45(30)31-11-23(4-7-37(31)73)29(53(81)69-48)20-36(46)70(64)56(84)57(60,61)62/h4-9,11-13,15-16,18-19,22,27,29,34-35,46-50,65,71,77-78H,10,14,17,20-21,64H2,1-3H3,(H9-,63,66,67,68,69,72,73,74,76,79,80,81,82,83)/p+1/b70-36+/t27-,29-,34+,35+,46+,47-,48-,49+,50+/m0/s1. The zero-order chi connectivity index (χ0) is 63.0. The van der Waals surface area contributed by atoms with Gasteiger partial charge < -0.3 is 77.5 Å². The Morgan fingerprint density at radius 2 is 1.36 bits per heavy atom. The van der Waals surface area contributed by atoms with Crippen LogP contribution in [0.1, 0.15) is 97.6 Å². The van der Waals surface area contributed by atoms with Crippen molar-refractivity contribution < 1.29 is 96.6 Å².